The zero-order chi connectivity index (χ0) is 34.8. The van der Waals surface area contributed by atoms with E-state index < -0.39 is 0 Å². The molecule has 248 valence electrons. The van der Waals surface area contributed by atoms with Gasteiger partial charge in [-0.15, -0.1) is 0 Å². The van der Waals surface area contributed by atoms with Gasteiger partial charge >= 0.3 is 0 Å². The van der Waals surface area contributed by atoms with Crippen LogP contribution in [0.5, 0.6) is 0 Å². The number of para-hydroxylation sites is 1. The lowest BCUT2D eigenvalue weighted by Crippen LogP contribution is -2.10. The molecule has 0 aliphatic carbocycles. The van der Waals surface area contributed by atoms with Crippen LogP contribution in [0, 0.1) is 27.7 Å². The number of fused-ring (bicyclic) bond motifs is 4. The van der Waals surface area contributed by atoms with Crippen molar-refractivity contribution in [1.29, 1.82) is 0 Å². The highest BCUT2D eigenvalue weighted by molar-refractivity contribution is 6.10. The first-order valence-electron chi connectivity index (χ1n) is 17.7. The minimum atomic E-state index is 0.262. The van der Waals surface area contributed by atoms with Crippen LogP contribution in [0.3, 0.4) is 0 Å². The first-order chi connectivity index (χ1) is 24.1. The Kier molecular flexibility index (Phi) is 7.71. The molecule has 50 heavy (non-hydrogen) atoms. The number of hydrogen-bond acceptors (Lipinski definition) is 3. The highest BCUT2D eigenvalue weighted by Gasteiger charge is 2.27. The second-order valence-corrected chi connectivity index (χ2v) is 14.4. The topological polar surface area (TPSA) is 43.9 Å². The molecule has 0 amide bonds. The average molecular weight is 654 g/mol. The van der Waals surface area contributed by atoms with Crippen LogP contribution < -0.4 is 0 Å². The molecule has 0 saturated heterocycles. The fraction of sp³-hybridized carbons (Fsp3) is 0.217. The monoisotopic (exact) mass is 653 g/mol. The summed E-state index contributed by atoms with van der Waals surface area (Å²) < 4.78 is 9.26. The van der Waals surface area contributed by atoms with E-state index >= 15 is 0 Å². The summed E-state index contributed by atoms with van der Waals surface area (Å²) in [6.07, 6.45) is 0. The van der Waals surface area contributed by atoms with E-state index in [1.165, 1.54) is 39.1 Å². The summed E-state index contributed by atoms with van der Waals surface area (Å²) in [5.41, 5.74) is 17.6. The van der Waals surface area contributed by atoms with Gasteiger partial charge in [0.2, 0.25) is 0 Å². The summed E-state index contributed by atoms with van der Waals surface area (Å²) in [6.45, 7) is 17.6. The van der Waals surface area contributed by atoms with Gasteiger partial charge in [0, 0.05) is 16.5 Å². The molecule has 0 unspecified atom stereocenters. The van der Waals surface area contributed by atoms with E-state index in [0.29, 0.717) is 0 Å². The van der Waals surface area contributed by atoms with Crippen molar-refractivity contribution in [1.82, 2.24) is 14.5 Å². The molecule has 0 bridgehead atoms. The fourth-order valence-corrected chi connectivity index (χ4v) is 7.49. The third-order valence-corrected chi connectivity index (χ3v) is 10.3. The number of rotatable bonds is 6. The maximum atomic E-state index is 6.86. The molecule has 0 saturated carbocycles. The molecule has 0 radical (unpaired) electrons. The standard InChI is InChI=1S/C46H43N3O/c1-26(2)39-23-35(32-13-10-9-11-14-32)24-40(27(3)4)44(39)49-43-31(8)47-30(7)29(6)42(43)48-46(49)38-16-12-15-37-36-22-21-34(25-41(36)50-45(37)38)33-19-17-28(5)18-20-33/h9-27H,1-8H3. The Balaban J connectivity index is 1.46. The van der Waals surface area contributed by atoms with Crippen LogP contribution >= 0.6 is 0 Å². The summed E-state index contributed by atoms with van der Waals surface area (Å²) >= 11 is 0. The van der Waals surface area contributed by atoms with Crippen molar-refractivity contribution in [2.24, 2.45) is 0 Å². The lowest BCUT2D eigenvalue weighted by Gasteiger charge is -2.24. The van der Waals surface area contributed by atoms with Crippen molar-refractivity contribution in [2.45, 2.75) is 67.2 Å². The molecule has 8 rings (SSSR count). The van der Waals surface area contributed by atoms with Crippen LogP contribution in [0.4, 0.5) is 0 Å². The maximum absolute atomic E-state index is 6.86. The summed E-state index contributed by atoms with van der Waals surface area (Å²) in [6, 6.07) is 37.2. The third kappa shape index (κ3) is 5.13. The highest BCUT2D eigenvalue weighted by Crippen LogP contribution is 2.44. The van der Waals surface area contributed by atoms with Gasteiger partial charge in [-0.1, -0.05) is 106 Å². The molecule has 8 aromatic rings. The number of aryl methyl sites for hydroxylation is 4. The van der Waals surface area contributed by atoms with Crippen LogP contribution in [0.15, 0.2) is 108 Å². The SMILES string of the molecule is Cc1ccc(-c2ccc3c(c2)oc2c(-c4nc5c(C)c(C)nc(C)c5n4-c4c(C(C)C)cc(-c5ccccc5)cc4C(C)C)cccc23)cc1. The Labute approximate surface area is 294 Å². The molecule has 4 nitrogen and oxygen atoms in total. The van der Waals surface area contributed by atoms with Gasteiger partial charge in [-0.2, -0.15) is 0 Å². The second kappa shape index (κ2) is 12.1. The summed E-state index contributed by atoms with van der Waals surface area (Å²) in [5.74, 6) is 1.40. The predicted molar refractivity (Wildman–Crippen MR) is 210 cm³/mol. The van der Waals surface area contributed by atoms with Gasteiger partial charge in [0.05, 0.1) is 28.0 Å². The van der Waals surface area contributed by atoms with Gasteiger partial charge in [-0.3, -0.25) is 9.55 Å². The van der Waals surface area contributed by atoms with E-state index in [-0.39, 0.29) is 11.8 Å². The van der Waals surface area contributed by atoms with Crippen molar-refractivity contribution in [3.05, 3.63) is 137 Å². The Morgan fingerprint density at radius 3 is 1.92 bits per heavy atom. The molecule has 5 aromatic carbocycles. The van der Waals surface area contributed by atoms with Gasteiger partial charge in [-0.25, -0.2) is 4.98 Å². The Morgan fingerprint density at radius 2 is 1.24 bits per heavy atom. The van der Waals surface area contributed by atoms with E-state index in [2.05, 4.69) is 163 Å². The Bertz CT molecular complexity index is 2540. The molecule has 3 heterocycles. The Hall–Kier alpha value is -5.48. The van der Waals surface area contributed by atoms with Crippen molar-refractivity contribution in [3.63, 3.8) is 0 Å². The molecule has 0 aliphatic heterocycles. The van der Waals surface area contributed by atoms with E-state index in [1.807, 2.05) is 0 Å². The number of furan rings is 1. The van der Waals surface area contributed by atoms with Crippen molar-refractivity contribution < 1.29 is 4.42 Å². The number of imidazole rings is 1. The van der Waals surface area contributed by atoms with Crippen molar-refractivity contribution in [2.75, 3.05) is 0 Å². The van der Waals surface area contributed by atoms with E-state index in [9.17, 15) is 0 Å². The normalized spacial score (nSPS) is 12.0. The van der Waals surface area contributed by atoms with Crippen LogP contribution in [-0.4, -0.2) is 14.5 Å². The minimum absolute atomic E-state index is 0.262. The second-order valence-electron chi connectivity index (χ2n) is 14.4. The zero-order valence-electron chi connectivity index (χ0n) is 30.2. The van der Waals surface area contributed by atoms with Gasteiger partial charge < -0.3 is 4.42 Å². The van der Waals surface area contributed by atoms with Crippen molar-refractivity contribution >= 4 is 33.0 Å². The predicted octanol–water partition coefficient (Wildman–Crippen LogP) is 12.8. The molecule has 3 aromatic heterocycles. The summed E-state index contributed by atoms with van der Waals surface area (Å²) in [5, 5.41) is 2.19. The van der Waals surface area contributed by atoms with Crippen LogP contribution in [-0.2, 0) is 0 Å². The third-order valence-electron chi connectivity index (χ3n) is 10.3. The van der Waals surface area contributed by atoms with Gasteiger partial charge in [0.15, 0.2) is 0 Å². The smallest absolute Gasteiger partial charge is 0.149 e. The molecule has 0 atom stereocenters. The summed E-state index contributed by atoms with van der Waals surface area (Å²) in [4.78, 5) is 10.6. The maximum Gasteiger partial charge on any atom is 0.149 e. The van der Waals surface area contributed by atoms with Crippen molar-refractivity contribution in [3.8, 4) is 39.3 Å². The molecule has 0 aliphatic rings. The molecular formula is C46H43N3O. The molecular weight excluding hydrogens is 611 g/mol. The minimum Gasteiger partial charge on any atom is -0.455 e. The molecule has 0 spiro atoms. The first kappa shape index (κ1) is 31.8. The molecule has 0 N–H and O–H groups in total. The number of pyridine rings is 1. The Morgan fingerprint density at radius 1 is 0.580 bits per heavy atom. The lowest BCUT2D eigenvalue weighted by molar-refractivity contribution is 0.669. The number of hydrogen-bond donors (Lipinski definition) is 0. The van der Waals surface area contributed by atoms with E-state index in [1.54, 1.807) is 0 Å². The largest absolute Gasteiger partial charge is 0.455 e. The fourth-order valence-electron chi connectivity index (χ4n) is 7.49. The van der Waals surface area contributed by atoms with Crippen LogP contribution in [0.2, 0.25) is 0 Å². The number of aromatic nitrogens is 3. The highest BCUT2D eigenvalue weighted by atomic mass is 16.3. The quantitative estimate of drug-likeness (QED) is 0.179. The van der Waals surface area contributed by atoms with E-state index in [4.69, 9.17) is 14.4 Å². The zero-order valence-corrected chi connectivity index (χ0v) is 30.2. The van der Waals surface area contributed by atoms with Gasteiger partial charge in [0.1, 0.15) is 17.0 Å². The molecule has 0 fully saturated rings. The van der Waals surface area contributed by atoms with Crippen LogP contribution in [0.25, 0.3) is 72.3 Å². The van der Waals surface area contributed by atoms with E-state index in [0.717, 1.165) is 66.9 Å². The lowest BCUT2D eigenvalue weighted by atomic mass is 9.88. The van der Waals surface area contributed by atoms with Gasteiger partial charge in [0.25, 0.3) is 0 Å². The van der Waals surface area contributed by atoms with Crippen LogP contribution in [0.1, 0.15) is 73.2 Å². The number of nitrogens with zero attached hydrogens (tertiary/aromatic N) is 3. The average Bonchev–Trinajstić information content (AvgIpc) is 3.70. The molecule has 4 heteroatoms. The van der Waals surface area contributed by atoms with Gasteiger partial charge in [-0.05, 0) is 109 Å². The number of benzene rings is 5. The first-order valence-corrected chi connectivity index (χ1v) is 17.7. The summed E-state index contributed by atoms with van der Waals surface area (Å²) in [7, 11) is 0.